The minimum atomic E-state index is -4.27. The SMILES string of the molecule is CN=C(NC1CCN(Cc2ccc(C(F)(F)F)cc2)C1)N(C)C. The third kappa shape index (κ3) is 4.86. The number of aliphatic imine (C=N–C) groups is 1. The summed E-state index contributed by atoms with van der Waals surface area (Å²) in [5, 5.41) is 3.40. The summed E-state index contributed by atoms with van der Waals surface area (Å²) in [6, 6.07) is 5.72. The highest BCUT2D eigenvalue weighted by Crippen LogP contribution is 2.29. The third-order valence-corrected chi connectivity index (χ3v) is 3.93. The number of halogens is 3. The van der Waals surface area contributed by atoms with E-state index < -0.39 is 11.7 Å². The third-order valence-electron chi connectivity index (χ3n) is 3.93. The lowest BCUT2D eigenvalue weighted by molar-refractivity contribution is -0.137. The fourth-order valence-electron chi connectivity index (χ4n) is 2.73. The molecular weight excluding hydrogens is 305 g/mol. The van der Waals surface area contributed by atoms with Crippen LogP contribution in [0.3, 0.4) is 0 Å². The Hall–Kier alpha value is -1.76. The minimum Gasteiger partial charge on any atom is -0.352 e. The van der Waals surface area contributed by atoms with E-state index in [1.165, 1.54) is 0 Å². The minimum absolute atomic E-state index is 0.311. The van der Waals surface area contributed by atoms with Crippen LogP contribution in [0.25, 0.3) is 0 Å². The molecular formula is C16H23F3N4. The predicted molar refractivity (Wildman–Crippen MR) is 85.3 cm³/mol. The molecule has 1 aromatic carbocycles. The van der Waals surface area contributed by atoms with E-state index in [4.69, 9.17) is 0 Å². The number of nitrogens with one attached hydrogen (secondary N) is 1. The molecule has 0 bridgehead atoms. The normalized spacial score (nSPS) is 19.9. The van der Waals surface area contributed by atoms with Crippen molar-refractivity contribution in [2.45, 2.75) is 25.2 Å². The van der Waals surface area contributed by atoms with Gasteiger partial charge in [0, 0.05) is 46.8 Å². The molecule has 0 radical (unpaired) electrons. The molecule has 1 atom stereocenters. The van der Waals surface area contributed by atoms with Gasteiger partial charge in [-0.1, -0.05) is 12.1 Å². The van der Waals surface area contributed by atoms with Crippen molar-refractivity contribution in [2.24, 2.45) is 4.99 Å². The fourth-order valence-corrected chi connectivity index (χ4v) is 2.73. The molecule has 1 unspecified atom stereocenters. The van der Waals surface area contributed by atoms with Gasteiger partial charge in [0.15, 0.2) is 5.96 Å². The lowest BCUT2D eigenvalue weighted by Crippen LogP contribution is -2.43. The Morgan fingerprint density at radius 2 is 1.96 bits per heavy atom. The first-order chi connectivity index (χ1) is 10.8. The van der Waals surface area contributed by atoms with Crippen LogP contribution in [0.4, 0.5) is 13.2 Å². The Balaban J connectivity index is 1.88. The number of nitrogens with zero attached hydrogens (tertiary/aromatic N) is 3. The molecule has 1 aliphatic heterocycles. The quantitative estimate of drug-likeness (QED) is 0.683. The molecule has 0 amide bonds. The Bertz CT molecular complexity index is 537. The van der Waals surface area contributed by atoms with E-state index in [0.717, 1.165) is 43.2 Å². The second kappa shape index (κ2) is 7.21. The van der Waals surface area contributed by atoms with Crippen LogP contribution in [0.5, 0.6) is 0 Å². The molecule has 0 aromatic heterocycles. The topological polar surface area (TPSA) is 30.9 Å². The summed E-state index contributed by atoms with van der Waals surface area (Å²) in [5.41, 5.74) is 0.299. The van der Waals surface area contributed by atoms with E-state index in [1.807, 2.05) is 19.0 Å². The van der Waals surface area contributed by atoms with Crippen LogP contribution >= 0.6 is 0 Å². The largest absolute Gasteiger partial charge is 0.416 e. The van der Waals surface area contributed by atoms with Gasteiger partial charge in [0.1, 0.15) is 0 Å². The molecule has 128 valence electrons. The van der Waals surface area contributed by atoms with E-state index in [0.29, 0.717) is 12.6 Å². The maximum Gasteiger partial charge on any atom is 0.416 e. The first-order valence-corrected chi connectivity index (χ1v) is 7.58. The molecule has 0 saturated carbocycles. The molecule has 4 nitrogen and oxygen atoms in total. The molecule has 1 heterocycles. The molecule has 0 spiro atoms. The number of benzene rings is 1. The van der Waals surface area contributed by atoms with Crippen molar-refractivity contribution >= 4 is 5.96 Å². The maximum absolute atomic E-state index is 12.6. The van der Waals surface area contributed by atoms with E-state index in [1.54, 1.807) is 19.2 Å². The van der Waals surface area contributed by atoms with Gasteiger partial charge in [-0.2, -0.15) is 13.2 Å². The van der Waals surface area contributed by atoms with Crippen molar-refractivity contribution in [3.8, 4) is 0 Å². The zero-order chi connectivity index (χ0) is 17.0. The van der Waals surface area contributed by atoms with Crippen molar-refractivity contribution in [3.63, 3.8) is 0 Å². The second-order valence-corrected chi connectivity index (χ2v) is 6.00. The van der Waals surface area contributed by atoms with Crippen LogP contribution in [0.15, 0.2) is 29.3 Å². The van der Waals surface area contributed by atoms with Crippen LogP contribution in [0.2, 0.25) is 0 Å². The van der Waals surface area contributed by atoms with Gasteiger partial charge < -0.3 is 10.2 Å². The molecule has 1 aromatic rings. The summed E-state index contributed by atoms with van der Waals surface area (Å²) in [4.78, 5) is 8.37. The Labute approximate surface area is 135 Å². The number of likely N-dealkylation sites (tertiary alicyclic amines) is 1. The highest BCUT2D eigenvalue weighted by atomic mass is 19.4. The fraction of sp³-hybridized carbons (Fsp3) is 0.562. The highest BCUT2D eigenvalue weighted by molar-refractivity contribution is 5.79. The average Bonchev–Trinajstić information content (AvgIpc) is 2.91. The zero-order valence-corrected chi connectivity index (χ0v) is 13.7. The van der Waals surface area contributed by atoms with Crippen molar-refractivity contribution in [2.75, 3.05) is 34.2 Å². The predicted octanol–water partition coefficient (Wildman–Crippen LogP) is 2.42. The average molecular weight is 328 g/mol. The van der Waals surface area contributed by atoms with Crippen LogP contribution in [-0.2, 0) is 12.7 Å². The summed E-state index contributed by atoms with van der Waals surface area (Å²) in [7, 11) is 5.62. The lowest BCUT2D eigenvalue weighted by atomic mass is 10.1. The van der Waals surface area contributed by atoms with Gasteiger partial charge in [0.2, 0.25) is 0 Å². The smallest absolute Gasteiger partial charge is 0.352 e. The standard InChI is InChI=1S/C16H23F3N4/c1-20-15(22(2)3)21-14-8-9-23(11-14)10-12-4-6-13(7-5-12)16(17,18)19/h4-7,14H,8-11H2,1-3H3,(H,20,21). The van der Waals surface area contributed by atoms with E-state index in [2.05, 4.69) is 15.2 Å². The van der Waals surface area contributed by atoms with Crippen LogP contribution in [0, 0.1) is 0 Å². The second-order valence-electron chi connectivity index (χ2n) is 6.00. The van der Waals surface area contributed by atoms with Gasteiger partial charge >= 0.3 is 6.18 Å². The first-order valence-electron chi connectivity index (χ1n) is 7.58. The molecule has 1 N–H and O–H groups in total. The summed E-state index contributed by atoms with van der Waals surface area (Å²) in [6.45, 7) is 2.44. The Kier molecular flexibility index (Phi) is 5.51. The van der Waals surface area contributed by atoms with Gasteiger partial charge in [-0.25, -0.2) is 0 Å². The van der Waals surface area contributed by atoms with Gasteiger partial charge in [-0.15, -0.1) is 0 Å². The molecule has 1 fully saturated rings. The lowest BCUT2D eigenvalue weighted by Gasteiger charge is -2.22. The summed E-state index contributed by atoms with van der Waals surface area (Å²) < 4.78 is 37.7. The summed E-state index contributed by atoms with van der Waals surface area (Å²) >= 11 is 0. The van der Waals surface area contributed by atoms with Crippen molar-refractivity contribution in [1.29, 1.82) is 0 Å². The summed E-state index contributed by atoms with van der Waals surface area (Å²) in [6.07, 6.45) is -3.28. The monoisotopic (exact) mass is 328 g/mol. The van der Waals surface area contributed by atoms with Crippen molar-refractivity contribution in [1.82, 2.24) is 15.1 Å². The number of rotatable bonds is 3. The van der Waals surface area contributed by atoms with E-state index in [-0.39, 0.29) is 0 Å². The first kappa shape index (κ1) is 17.6. The number of hydrogen-bond donors (Lipinski definition) is 1. The molecule has 23 heavy (non-hydrogen) atoms. The van der Waals surface area contributed by atoms with Crippen LogP contribution in [-0.4, -0.2) is 56.0 Å². The summed E-state index contributed by atoms with van der Waals surface area (Å²) in [5.74, 6) is 0.839. The molecule has 1 aliphatic rings. The van der Waals surface area contributed by atoms with Gasteiger partial charge in [-0.05, 0) is 24.1 Å². The Morgan fingerprint density at radius 1 is 1.30 bits per heavy atom. The number of alkyl halides is 3. The highest BCUT2D eigenvalue weighted by Gasteiger charge is 2.30. The van der Waals surface area contributed by atoms with Crippen LogP contribution < -0.4 is 5.32 Å². The maximum atomic E-state index is 12.6. The van der Waals surface area contributed by atoms with E-state index >= 15 is 0 Å². The van der Waals surface area contributed by atoms with Crippen molar-refractivity contribution < 1.29 is 13.2 Å². The number of guanidine groups is 1. The van der Waals surface area contributed by atoms with E-state index in [9.17, 15) is 13.2 Å². The van der Waals surface area contributed by atoms with Gasteiger partial charge in [-0.3, -0.25) is 9.89 Å². The zero-order valence-electron chi connectivity index (χ0n) is 13.7. The van der Waals surface area contributed by atoms with Gasteiger partial charge in [0.05, 0.1) is 5.56 Å². The van der Waals surface area contributed by atoms with Gasteiger partial charge in [0.25, 0.3) is 0 Å². The molecule has 2 rings (SSSR count). The van der Waals surface area contributed by atoms with Crippen molar-refractivity contribution in [3.05, 3.63) is 35.4 Å². The van der Waals surface area contributed by atoms with Crippen LogP contribution in [0.1, 0.15) is 17.5 Å². The Morgan fingerprint density at radius 3 is 2.48 bits per heavy atom. The molecule has 0 aliphatic carbocycles. The number of hydrogen-bond acceptors (Lipinski definition) is 2. The molecule has 1 saturated heterocycles. The molecule has 7 heteroatoms.